The zero-order valence-electron chi connectivity index (χ0n) is 16.1. The van der Waals surface area contributed by atoms with Gasteiger partial charge in [-0.05, 0) is 41.5 Å². The van der Waals surface area contributed by atoms with Crippen LogP contribution in [0.15, 0.2) is 84.1 Å². The van der Waals surface area contributed by atoms with Crippen LogP contribution in [0.1, 0.15) is 16.7 Å². The van der Waals surface area contributed by atoms with E-state index in [4.69, 9.17) is 11.6 Å². The molecule has 4 rings (SSSR count). The van der Waals surface area contributed by atoms with Crippen molar-refractivity contribution in [2.45, 2.75) is 13.0 Å². The Hall–Kier alpha value is -3.44. The largest absolute Gasteiger partial charge is 0.342 e. The van der Waals surface area contributed by atoms with Crippen LogP contribution in [0.2, 0.25) is 5.02 Å². The average Bonchev–Trinajstić information content (AvgIpc) is 3.09. The second kappa shape index (κ2) is 8.93. The van der Waals surface area contributed by atoms with E-state index in [-0.39, 0.29) is 18.1 Å². The fraction of sp³-hybridized carbons (Fsp3) is 0.0833. The highest BCUT2D eigenvalue weighted by molar-refractivity contribution is 6.30. The van der Waals surface area contributed by atoms with E-state index in [1.165, 1.54) is 12.1 Å². The summed E-state index contributed by atoms with van der Waals surface area (Å²) in [7, 11) is 0. The predicted molar refractivity (Wildman–Crippen MR) is 118 cm³/mol. The van der Waals surface area contributed by atoms with Gasteiger partial charge in [0.25, 0.3) is 0 Å². The first-order valence-electron chi connectivity index (χ1n) is 9.47. The number of rotatable bonds is 6. The molecule has 0 bridgehead atoms. The molecular formula is C24H19ClFN3O. The molecule has 1 amide bonds. The molecule has 0 saturated heterocycles. The number of carbonyl (C=O) groups is 1. The van der Waals surface area contributed by atoms with E-state index in [0.717, 1.165) is 27.6 Å². The summed E-state index contributed by atoms with van der Waals surface area (Å²) in [5, 5.41) is 5.86. The lowest BCUT2D eigenvalue weighted by atomic mass is 10.1. The van der Waals surface area contributed by atoms with Crippen LogP contribution in [0.3, 0.4) is 0 Å². The minimum absolute atomic E-state index is 0.135. The molecule has 150 valence electrons. The van der Waals surface area contributed by atoms with Crippen LogP contribution in [0, 0.1) is 5.82 Å². The Labute approximate surface area is 178 Å². The maximum atomic E-state index is 13.0. The Morgan fingerprint density at radius 3 is 2.47 bits per heavy atom. The third kappa shape index (κ3) is 4.75. The van der Waals surface area contributed by atoms with Gasteiger partial charge in [-0.25, -0.2) is 9.82 Å². The molecule has 0 aliphatic rings. The van der Waals surface area contributed by atoms with Gasteiger partial charge in [0.2, 0.25) is 5.91 Å². The van der Waals surface area contributed by atoms with Crippen molar-refractivity contribution in [1.82, 2.24) is 9.99 Å². The van der Waals surface area contributed by atoms with Crippen molar-refractivity contribution in [3.63, 3.8) is 0 Å². The summed E-state index contributed by atoms with van der Waals surface area (Å²) in [5.41, 5.74) is 6.38. The maximum absolute atomic E-state index is 13.0. The standard InChI is InChI=1S/C24H19ClFN3O/c25-20-9-5-18(6-10-20)15-29-16-19(22-3-1-2-4-23(22)29)14-27-28-24(30)13-17-7-11-21(26)12-8-17/h1-12,14,16H,13,15H2,(H,28,30)/b27-14+. The average molecular weight is 420 g/mol. The molecule has 0 aliphatic heterocycles. The Morgan fingerprint density at radius 1 is 1.00 bits per heavy atom. The number of benzene rings is 3. The number of para-hydroxylation sites is 1. The van der Waals surface area contributed by atoms with Crippen molar-refractivity contribution in [1.29, 1.82) is 0 Å². The minimum atomic E-state index is -0.327. The third-order valence-electron chi connectivity index (χ3n) is 4.76. The molecule has 0 radical (unpaired) electrons. The van der Waals surface area contributed by atoms with E-state index in [1.54, 1.807) is 18.3 Å². The van der Waals surface area contributed by atoms with E-state index < -0.39 is 0 Å². The number of amides is 1. The number of aromatic nitrogens is 1. The molecule has 0 unspecified atom stereocenters. The Morgan fingerprint density at radius 2 is 1.70 bits per heavy atom. The number of carbonyl (C=O) groups excluding carboxylic acids is 1. The maximum Gasteiger partial charge on any atom is 0.244 e. The third-order valence-corrected chi connectivity index (χ3v) is 5.01. The zero-order chi connectivity index (χ0) is 20.9. The number of hydrazone groups is 1. The van der Waals surface area contributed by atoms with Crippen molar-refractivity contribution >= 4 is 34.6 Å². The fourth-order valence-electron chi connectivity index (χ4n) is 3.30. The van der Waals surface area contributed by atoms with Gasteiger partial charge in [-0.3, -0.25) is 4.79 Å². The quantitative estimate of drug-likeness (QED) is 0.340. The first-order chi connectivity index (χ1) is 14.6. The molecule has 1 heterocycles. The van der Waals surface area contributed by atoms with Crippen molar-refractivity contribution in [3.05, 3.63) is 107 Å². The van der Waals surface area contributed by atoms with Crippen LogP contribution in [-0.2, 0) is 17.8 Å². The molecule has 0 fully saturated rings. The lowest BCUT2D eigenvalue weighted by Crippen LogP contribution is -2.19. The van der Waals surface area contributed by atoms with Crippen LogP contribution in [-0.4, -0.2) is 16.7 Å². The van der Waals surface area contributed by atoms with Crippen LogP contribution in [0.5, 0.6) is 0 Å². The van der Waals surface area contributed by atoms with Crippen LogP contribution in [0.25, 0.3) is 10.9 Å². The Bertz CT molecular complexity index is 1200. The molecule has 1 N–H and O–H groups in total. The molecule has 0 atom stereocenters. The molecule has 0 aliphatic carbocycles. The highest BCUT2D eigenvalue weighted by Gasteiger charge is 2.08. The van der Waals surface area contributed by atoms with E-state index >= 15 is 0 Å². The molecule has 0 spiro atoms. The summed E-state index contributed by atoms with van der Waals surface area (Å²) < 4.78 is 15.1. The molecular weight excluding hydrogens is 401 g/mol. The minimum Gasteiger partial charge on any atom is -0.342 e. The summed E-state index contributed by atoms with van der Waals surface area (Å²) in [4.78, 5) is 12.1. The first kappa shape index (κ1) is 19.9. The molecule has 4 nitrogen and oxygen atoms in total. The van der Waals surface area contributed by atoms with Gasteiger partial charge in [-0.15, -0.1) is 0 Å². The molecule has 1 aromatic heterocycles. The molecule has 30 heavy (non-hydrogen) atoms. The second-order valence-corrected chi connectivity index (χ2v) is 7.39. The predicted octanol–water partition coefficient (Wildman–Crippen LogP) is 5.17. The molecule has 0 saturated carbocycles. The van der Waals surface area contributed by atoms with Gasteiger partial charge < -0.3 is 4.57 Å². The van der Waals surface area contributed by atoms with E-state index in [2.05, 4.69) is 21.2 Å². The molecule has 4 aromatic rings. The Balaban J connectivity index is 1.49. The normalized spacial score (nSPS) is 11.3. The topological polar surface area (TPSA) is 46.4 Å². The summed E-state index contributed by atoms with van der Waals surface area (Å²) in [5.74, 6) is -0.588. The van der Waals surface area contributed by atoms with Gasteiger partial charge >= 0.3 is 0 Å². The van der Waals surface area contributed by atoms with E-state index in [1.807, 2.05) is 48.7 Å². The van der Waals surface area contributed by atoms with Gasteiger partial charge in [0.1, 0.15) is 5.82 Å². The smallest absolute Gasteiger partial charge is 0.244 e. The lowest BCUT2D eigenvalue weighted by molar-refractivity contribution is -0.120. The number of hydrogen-bond donors (Lipinski definition) is 1. The van der Waals surface area contributed by atoms with Crippen LogP contribution >= 0.6 is 11.6 Å². The fourth-order valence-corrected chi connectivity index (χ4v) is 3.42. The van der Waals surface area contributed by atoms with Crippen LogP contribution in [0.4, 0.5) is 4.39 Å². The van der Waals surface area contributed by atoms with E-state index in [9.17, 15) is 9.18 Å². The number of hydrogen-bond acceptors (Lipinski definition) is 2. The number of nitrogens with zero attached hydrogens (tertiary/aromatic N) is 2. The summed E-state index contributed by atoms with van der Waals surface area (Å²) in [6, 6.07) is 21.6. The van der Waals surface area contributed by atoms with E-state index in [0.29, 0.717) is 11.6 Å². The molecule has 3 aromatic carbocycles. The summed E-state index contributed by atoms with van der Waals surface area (Å²) in [6.45, 7) is 0.697. The van der Waals surface area contributed by atoms with Gasteiger partial charge in [0, 0.05) is 34.2 Å². The van der Waals surface area contributed by atoms with Gasteiger partial charge in [-0.2, -0.15) is 5.10 Å². The van der Waals surface area contributed by atoms with Gasteiger partial charge in [0.15, 0.2) is 0 Å². The van der Waals surface area contributed by atoms with Gasteiger partial charge in [-0.1, -0.05) is 54.1 Å². The second-order valence-electron chi connectivity index (χ2n) is 6.95. The number of nitrogens with one attached hydrogen (secondary N) is 1. The van der Waals surface area contributed by atoms with Crippen molar-refractivity contribution < 1.29 is 9.18 Å². The van der Waals surface area contributed by atoms with Crippen molar-refractivity contribution in [2.75, 3.05) is 0 Å². The monoisotopic (exact) mass is 419 g/mol. The lowest BCUT2D eigenvalue weighted by Gasteiger charge is -2.05. The molecule has 6 heteroatoms. The summed E-state index contributed by atoms with van der Waals surface area (Å²) in [6.07, 6.45) is 3.79. The number of halogens is 2. The highest BCUT2D eigenvalue weighted by Crippen LogP contribution is 2.21. The number of fused-ring (bicyclic) bond motifs is 1. The van der Waals surface area contributed by atoms with Crippen LogP contribution < -0.4 is 5.43 Å². The SMILES string of the molecule is O=C(Cc1ccc(F)cc1)N/N=C/c1cn(Cc2ccc(Cl)cc2)c2ccccc12. The summed E-state index contributed by atoms with van der Waals surface area (Å²) >= 11 is 5.98. The van der Waals surface area contributed by atoms with Crippen molar-refractivity contribution in [3.8, 4) is 0 Å². The Kier molecular flexibility index (Phi) is 5.91. The highest BCUT2D eigenvalue weighted by atomic mass is 35.5. The van der Waals surface area contributed by atoms with Crippen molar-refractivity contribution in [2.24, 2.45) is 5.10 Å². The van der Waals surface area contributed by atoms with Gasteiger partial charge in [0.05, 0.1) is 12.6 Å². The zero-order valence-corrected chi connectivity index (χ0v) is 16.8. The first-order valence-corrected chi connectivity index (χ1v) is 9.85.